The van der Waals surface area contributed by atoms with Crippen molar-refractivity contribution in [2.45, 2.75) is 0 Å². The summed E-state index contributed by atoms with van der Waals surface area (Å²) in [5, 5.41) is 4.64. The fraction of sp³-hybridized carbons (Fsp3) is 0. The number of carbonyl (C=O) groups excluding carboxylic acids is 1. The van der Waals surface area contributed by atoms with E-state index in [2.05, 4.69) is 10.3 Å². The number of carbonyl (C=O) groups is 1. The Hall–Kier alpha value is -2.54. The van der Waals surface area contributed by atoms with E-state index >= 15 is 0 Å². The molecule has 0 saturated carbocycles. The Balaban J connectivity index is 1.88. The zero-order valence-corrected chi connectivity index (χ0v) is 11.3. The van der Waals surface area contributed by atoms with Gasteiger partial charge in [-0.2, -0.15) is 0 Å². The van der Waals surface area contributed by atoms with E-state index < -0.39 is 17.5 Å². The minimum atomic E-state index is -0.753. The van der Waals surface area contributed by atoms with Gasteiger partial charge in [0.1, 0.15) is 17.4 Å². The Morgan fingerprint density at radius 1 is 1.19 bits per heavy atom. The molecule has 0 aliphatic heterocycles. The van der Waals surface area contributed by atoms with Crippen LogP contribution in [-0.2, 0) is 0 Å². The van der Waals surface area contributed by atoms with Gasteiger partial charge in [0.2, 0.25) is 0 Å². The number of thiazole rings is 1. The first-order chi connectivity index (χ1) is 10.1. The van der Waals surface area contributed by atoms with E-state index in [4.69, 9.17) is 4.42 Å². The van der Waals surface area contributed by atoms with E-state index in [9.17, 15) is 13.6 Å². The molecule has 3 aromatic rings. The number of anilines is 1. The highest BCUT2D eigenvalue weighted by Gasteiger charge is 2.18. The number of nitrogens with one attached hydrogen (secondary N) is 1. The van der Waals surface area contributed by atoms with Crippen LogP contribution in [0.4, 0.5) is 13.9 Å². The van der Waals surface area contributed by atoms with Crippen LogP contribution >= 0.6 is 11.3 Å². The second-order valence-electron chi connectivity index (χ2n) is 4.05. The van der Waals surface area contributed by atoms with Crippen LogP contribution in [0.15, 0.2) is 46.3 Å². The molecule has 0 saturated heterocycles. The van der Waals surface area contributed by atoms with Crippen molar-refractivity contribution < 1.29 is 18.0 Å². The number of amides is 1. The van der Waals surface area contributed by atoms with Gasteiger partial charge < -0.3 is 4.42 Å². The second kappa shape index (κ2) is 5.45. The molecule has 0 fully saturated rings. The van der Waals surface area contributed by atoms with Crippen molar-refractivity contribution in [3.63, 3.8) is 0 Å². The van der Waals surface area contributed by atoms with Gasteiger partial charge in [-0.3, -0.25) is 10.1 Å². The largest absolute Gasteiger partial charge is 0.451 e. The molecule has 0 unspecified atom stereocenters. The molecule has 2 aromatic heterocycles. The summed E-state index contributed by atoms with van der Waals surface area (Å²) in [5.41, 5.74) is -0.300. The molecule has 0 aliphatic carbocycles. The Kier molecular flexibility index (Phi) is 3.49. The number of rotatable bonds is 3. The normalized spacial score (nSPS) is 10.6. The van der Waals surface area contributed by atoms with E-state index in [1.807, 2.05) is 0 Å². The van der Waals surface area contributed by atoms with Gasteiger partial charge in [0, 0.05) is 11.6 Å². The van der Waals surface area contributed by atoms with Crippen LogP contribution in [0.2, 0.25) is 0 Å². The highest BCUT2D eigenvalue weighted by atomic mass is 32.1. The summed E-state index contributed by atoms with van der Waals surface area (Å²) in [5.74, 6) is -2.14. The van der Waals surface area contributed by atoms with Crippen molar-refractivity contribution in [2.24, 2.45) is 0 Å². The highest BCUT2D eigenvalue weighted by Crippen LogP contribution is 2.28. The molecule has 0 atom stereocenters. The molecule has 7 heteroatoms. The summed E-state index contributed by atoms with van der Waals surface area (Å²) in [6.07, 6.45) is 1.54. The summed E-state index contributed by atoms with van der Waals surface area (Å²) >= 11 is 1.25. The fourth-order valence-electron chi connectivity index (χ4n) is 1.77. The number of benzene rings is 1. The second-order valence-corrected chi connectivity index (χ2v) is 4.95. The van der Waals surface area contributed by atoms with Crippen LogP contribution < -0.4 is 5.32 Å². The van der Waals surface area contributed by atoms with Crippen molar-refractivity contribution in [1.29, 1.82) is 0 Å². The molecule has 1 aromatic carbocycles. The first kappa shape index (κ1) is 13.4. The highest BCUT2D eigenvalue weighted by molar-refractivity contribution is 7.13. The van der Waals surface area contributed by atoms with Crippen LogP contribution in [0.1, 0.15) is 10.6 Å². The topological polar surface area (TPSA) is 55.1 Å². The van der Waals surface area contributed by atoms with Gasteiger partial charge in [-0.15, -0.1) is 11.3 Å². The average Bonchev–Trinajstić information content (AvgIpc) is 3.10. The lowest BCUT2D eigenvalue weighted by Gasteiger charge is -2.01. The van der Waals surface area contributed by atoms with Crippen molar-refractivity contribution in [1.82, 2.24) is 4.98 Å². The Morgan fingerprint density at radius 3 is 2.62 bits per heavy atom. The zero-order chi connectivity index (χ0) is 14.8. The molecule has 1 N–H and O–H groups in total. The summed E-state index contributed by atoms with van der Waals surface area (Å²) in [6.45, 7) is 0. The maximum Gasteiger partial charge on any atom is 0.293 e. The smallest absolute Gasteiger partial charge is 0.293 e. The third-order valence-electron chi connectivity index (χ3n) is 2.69. The van der Waals surface area contributed by atoms with Gasteiger partial charge in [0.25, 0.3) is 5.91 Å². The number of hydrogen-bond donors (Lipinski definition) is 1. The van der Waals surface area contributed by atoms with E-state index in [1.54, 1.807) is 11.6 Å². The van der Waals surface area contributed by atoms with E-state index in [0.29, 0.717) is 5.13 Å². The quantitative estimate of drug-likeness (QED) is 0.797. The zero-order valence-electron chi connectivity index (χ0n) is 10.5. The molecule has 21 heavy (non-hydrogen) atoms. The van der Waals surface area contributed by atoms with E-state index in [0.717, 1.165) is 12.1 Å². The third kappa shape index (κ3) is 2.68. The van der Waals surface area contributed by atoms with Crippen LogP contribution in [0, 0.1) is 11.6 Å². The standard InChI is InChI=1S/C14H8F2N2O2S/c15-8-2-1-3-9(16)12(8)10-4-5-11(20-10)13(19)18-14-17-6-7-21-14/h1-7H,(H,17,18,19). The molecule has 0 bridgehead atoms. The van der Waals surface area contributed by atoms with Gasteiger partial charge in [-0.05, 0) is 24.3 Å². The predicted molar refractivity (Wildman–Crippen MR) is 74.1 cm³/mol. The maximum atomic E-state index is 13.6. The van der Waals surface area contributed by atoms with Gasteiger partial charge in [-0.1, -0.05) is 6.07 Å². The summed E-state index contributed by atoms with van der Waals surface area (Å²) in [6, 6.07) is 6.20. The van der Waals surface area contributed by atoms with Crippen LogP contribution in [0.5, 0.6) is 0 Å². The number of nitrogens with zero attached hydrogens (tertiary/aromatic N) is 1. The predicted octanol–water partition coefficient (Wildman–Crippen LogP) is 3.93. The molecule has 1 amide bonds. The summed E-state index contributed by atoms with van der Waals surface area (Å²) < 4.78 is 32.5. The maximum absolute atomic E-state index is 13.6. The molecular formula is C14H8F2N2O2S. The molecule has 2 heterocycles. The summed E-state index contributed by atoms with van der Waals surface area (Å²) in [4.78, 5) is 15.8. The molecule has 106 valence electrons. The average molecular weight is 306 g/mol. The lowest BCUT2D eigenvalue weighted by molar-refractivity contribution is 0.0997. The van der Waals surface area contributed by atoms with Crippen LogP contribution in [0.25, 0.3) is 11.3 Å². The molecular weight excluding hydrogens is 298 g/mol. The number of halogens is 2. The first-order valence-electron chi connectivity index (χ1n) is 5.90. The monoisotopic (exact) mass is 306 g/mol. The van der Waals surface area contributed by atoms with Crippen molar-refractivity contribution in [3.05, 3.63) is 59.3 Å². The lowest BCUT2D eigenvalue weighted by atomic mass is 10.1. The number of aromatic nitrogens is 1. The fourth-order valence-corrected chi connectivity index (χ4v) is 2.30. The lowest BCUT2D eigenvalue weighted by Crippen LogP contribution is -2.10. The number of hydrogen-bond acceptors (Lipinski definition) is 4. The SMILES string of the molecule is O=C(Nc1nccs1)c1ccc(-c2c(F)cccc2F)o1. The van der Waals surface area contributed by atoms with Crippen molar-refractivity contribution in [2.75, 3.05) is 5.32 Å². The van der Waals surface area contributed by atoms with E-state index in [1.165, 1.54) is 29.5 Å². The van der Waals surface area contributed by atoms with Gasteiger partial charge >= 0.3 is 0 Å². The van der Waals surface area contributed by atoms with E-state index in [-0.39, 0.29) is 17.1 Å². The van der Waals surface area contributed by atoms with Gasteiger partial charge in [-0.25, -0.2) is 13.8 Å². The molecule has 0 aliphatic rings. The minimum Gasteiger partial charge on any atom is -0.451 e. The molecule has 0 spiro atoms. The van der Waals surface area contributed by atoms with Gasteiger partial charge in [0.05, 0.1) is 5.56 Å². The Bertz CT molecular complexity index is 764. The molecule has 3 rings (SSSR count). The summed E-state index contributed by atoms with van der Waals surface area (Å²) in [7, 11) is 0. The Morgan fingerprint density at radius 2 is 1.95 bits per heavy atom. The van der Waals surface area contributed by atoms with Crippen LogP contribution in [0.3, 0.4) is 0 Å². The molecule has 0 radical (unpaired) electrons. The first-order valence-corrected chi connectivity index (χ1v) is 6.78. The van der Waals surface area contributed by atoms with Crippen molar-refractivity contribution in [3.8, 4) is 11.3 Å². The van der Waals surface area contributed by atoms with Crippen LogP contribution in [-0.4, -0.2) is 10.9 Å². The van der Waals surface area contributed by atoms with Gasteiger partial charge in [0.15, 0.2) is 10.9 Å². The molecule has 4 nitrogen and oxygen atoms in total. The minimum absolute atomic E-state index is 0.0464. The Labute approximate surface area is 122 Å². The third-order valence-corrected chi connectivity index (χ3v) is 3.38. The number of furan rings is 1. The van der Waals surface area contributed by atoms with Crippen molar-refractivity contribution >= 4 is 22.4 Å².